The summed E-state index contributed by atoms with van der Waals surface area (Å²) in [5, 5.41) is 0. The summed E-state index contributed by atoms with van der Waals surface area (Å²) in [6.07, 6.45) is 2.99. The molecular formula is C10H17F2N. The minimum atomic E-state index is -2.75. The first-order chi connectivity index (χ1) is 5.99. The van der Waals surface area contributed by atoms with E-state index in [1.807, 2.05) is 6.92 Å². The third kappa shape index (κ3) is 2.08. The molecule has 1 nitrogen and oxygen atoms in total. The fourth-order valence-electron chi connectivity index (χ4n) is 2.09. The van der Waals surface area contributed by atoms with Crippen molar-refractivity contribution in [1.29, 1.82) is 0 Å². The van der Waals surface area contributed by atoms with Gasteiger partial charge in [-0.25, -0.2) is 8.78 Å². The van der Waals surface area contributed by atoms with Gasteiger partial charge in [-0.3, -0.25) is 0 Å². The number of nitrogens with two attached hydrogens (primary N) is 1. The first-order valence-electron chi connectivity index (χ1n) is 4.76. The van der Waals surface area contributed by atoms with Gasteiger partial charge in [0.05, 0.1) is 0 Å². The second-order valence-electron chi connectivity index (χ2n) is 3.94. The summed E-state index contributed by atoms with van der Waals surface area (Å²) in [4.78, 5) is 0. The highest BCUT2D eigenvalue weighted by Gasteiger charge is 2.43. The molecule has 0 spiro atoms. The number of hydrogen-bond acceptors (Lipinski definition) is 1. The summed E-state index contributed by atoms with van der Waals surface area (Å²) in [5.74, 6) is -3.48. The molecular weight excluding hydrogens is 172 g/mol. The lowest BCUT2D eigenvalue weighted by atomic mass is 9.74. The van der Waals surface area contributed by atoms with Crippen molar-refractivity contribution in [1.82, 2.24) is 0 Å². The van der Waals surface area contributed by atoms with Gasteiger partial charge >= 0.3 is 0 Å². The lowest BCUT2D eigenvalue weighted by Crippen LogP contribution is -2.43. The van der Waals surface area contributed by atoms with Gasteiger partial charge in [0, 0.05) is 12.0 Å². The standard InChI is InChI=1S/C10H17F2N/c1-3-10(11,12)8-5-4-6-9(13)7(8)2/h3,7-9H,1,4-6,13H2,2H3. The van der Waals surface area contributed by atoms with Crippen molar-refractivity contribution < 1.29 is 8.78 Å². The monoisotopic (exact) mass is 189 g/mol. The summed E-state index contributed by atoms with van der Waals surface area (Å²) in [7, 11) is 0. The topological polar surface area (TPSA) is 26.0 Å². The Morgan fingerprint density at radius 1 is 1.46 bits per heavy atom. The SMILES string of the molecule is C=CC(F)(F)C1CCCC(N)C1C. The van der Waals surface area contributed by atoms with Crippen LogP contribution in [0.3, 0.4) is 0 Å². The summed E-state index contributed by atoms with van der Waals surface area (Å²) in [6.45, 7) is 4.99. The Kier molecular flexibility index (Phi) is 3.06. The predicted molar refractivity (Wildman–Crippen MR) is 49.6 cm³/mol. The van der Waals surface area contributed by atoms with Crippen LogP contribution in [0.2, 0.25) is 0 Å². The molecule has 0 heterocycles. The molecule has 0 amide bonds. The van der Waals surface area contributed by atoms with E-state index in [2.05, 4.69) is 6.58 Å². The summed E-state index contributed by atoms with van der Waals surface area (Å²) >= 11 is 0. The lowest BCUT2D eigenvalue weighted by molar-refractivity contribution is -0.0509. The molecule has 3 heteroatoms. The number of halogens is 2. The van der Waals surface area contributed by atoms with Crippen LogP contribution in [0.25, 0.3) is 0 Å². The van der Waals surface area contributed by atoms with Gasteiger partial charge in [-0.1, -0.05) is 19.9 Å². The molecule has 1 saturated carbocycles. The molecule has 0 aromatic carbocycles. The molecule has 3 unspecified atom stereocenters. The average Bonchev–Trinajstić information content (AvgIpc) is 2.09. The molecule has 1 aliphatic rings. The van der Waals surface area contributed by atoms with Crippen molar-refractivity contribution in [2.24, 2.45) is 17.6 Å². The molecule has 0 aliphatic heterocycles. The zero-order chi connectivity index (χ0) is 10.1. The molecule has 0 aromatic heterocycles. The maximum atomic E-state index is 13.3. The highest BCUT2D eigenvalue weighted by molar-refractivity contribution is 4.98. The van der Waals surface area contributed by atoms with Crippen molar-refractivity contribution in [2.45, 2.75) is 38.2 Å². The van der Waals surface area contributed by atoms with Gasteiger partial charge in [0.1, 0.15) is 0 Å². The molecule has 0 bridgehead atoms. The van der Waals surface area contributed by atoms with Crippen molar-refractivity contribution in [3.8, 4) is 0 Å². The van der Waals surface area contributed by atoms with E-state index in [9.17, 15) is 8.78 Å². The van der Waals surface area contributed by atoms with Gasteiger partial charge < -0.3 is 5.73 Å². The Morgan fingerprint density at radius 3 is 2.62 bits per heavy atom. The van der Waals surface area contributed by atoms with Gasteiger partial charge in [0.25, 0.3) is 5.92 Å². The molecule has 1 aliphatic carbocycles. The number of allylic oxidation sites excluding steroid dienone is 1. The summed E-state index contributed by atoms with van der Waals surface area (Å²) < 4.78 is 26.6. The predicted octanol–water partition coefficient (Wildman–Crippen LogP) is 2.57. The van der Waals surface area contributed by atoms with Crippen molar-refractivity contribution in [3.05, 3.63) is 12.7 Å². The maximum Gasteiger partial charge on any atom is 0.269 e. The Morgan fingerprint density at radius 2 is 2.08 bits per heavy atom. The van der Waals surface area contributed by atoms with Gasteiger partial charge in [-0.2, -0.15) is 0 Å². The summed E-state index contributed by atoms with van der Waals surface area (Å²) in [6, 6.07) is -0.0791. The maximum absolute atomic E-state index is 13.3. The smallest absolute Gasteiger partial charge is 0.269 e. The second-order valence-corrected chi connectivity index (χ2v) is 3.94. The van der Waals surface area contributed by atoms with Crippen molar-refractivity contribution in [3.63, 3.8) is 0 Å². The summed E-state index contributed by atoms with van der Waals surface area (Å²) in [5.41, 5.74) is 5.75. The molecule has 76 valence electrons. The Labute approximate surface area is 78.0 Å². The molecule has 3 atom stereocenters. The zero-order valence-corrected chi connectivity index (χ0v) is 7.97. The van der Waals surface area contributed by atoms with Crippen LogP contribution in [0.15, 0.2) is 12.7 Å². The quantitative estimate of drug-likeness (QED) is 0.664. The molecule has 0 radical (unpaired) electrons. The van der Waals surface area contributed by atoms with Gasteiger partial charge in [0.15, 0.2) is 0 Å². The van der Waals surface area contributed by atoms with E-state index in [0.717, 1.165) is 18.9 Å². The third-order valence-electron chi connectivity index (χ3n) is 3.13. The number of alkyl halides is 2. The van der Waals surface area contributed by atoms with Crippen LogP contribution in [0.4, 0.5) is 8.78 Å². The van der Waals surface area contributed by atoms with Crippen LogP contribution in [0.5, 0.6) is 0 Å². The molecule has 1 fully saturated rings. The lowest BCUT2D eigenvalue weighted by Gasteiger charge is -2.37. The second kappa shape index (κ2) is 3.74. The first-order valence-corrected chi connectivity index (χ1v) is 4.76. The Balaban J connectivity index is 2.73. The average molecular weight is 189 g/mol. The Bertz CT molecular complexity index is 191. The van der Waals surface area contributed by atoms with Crippen molar-refractivity contribution in [2.75, 3.05) is 0 Å². The number of hydrogen-bond donors (Lipinski definition) is 1. The van der Waals surface area contributed by atoms with E-state index in [-0.39, 0.29) is 12.0 Å². The van der Waals surface area contributed by atoms with Crippen LogP contribution >= 0.6 is 0 Å². The molecule has 1 rings (SSSR count). The van der Waals surface area contributed by atoms with Crippen LogP contribution in [-0.2, 0) is 0 Å². The first kappa shape index (κ1) is 10.6. The van der Waals surface area contributed by atoms with Crippen LogP contribution in [-0.4, -0.2) is 12.0 Å². The van der Waals surface area contributed by atoms with E-state index >= 15 is 0 Å². The zero-order valence-electron chi connectivity index (χ0n) is 7.97. The highest BCUT2D eigenvalue weighted by Crippen LogP contribution is 2.40. The van der Waals surface area contributed by atoms with E-state index in [0.29, 0.717) is 6.42 Å². The van der Waals surface area contributed by atoms with Crippen molar-refractivity contribution >= 4 is 0 Å². The van der Waals surface area contributed by atoms with Gasteiger partial charge in [0.2, 0.25) is 0 Å². The molecule has 13 heavy (non-hydrogen) atoms. The molecule has 2 N–H and O–H groups in total. The van der Waals surface area contributed by atoms with Crippen LogP contribution < -0.4 is 5.73 Å². The van der Waals surface area contributed by atoms with E-state index < -0.39 is 11.8 Å². The normalized spacial score (nSPS) is 35.8. The van der Waals surface area contributed by atoms with Crippen LogP contribution in [0, 0.1) is 11.8 Å². The van der Waals surface area contributed by atoms with E-state index in [1.165, 1.54) is 0 Å². The van der Waals surface area contributed by atoms with E-state index in [1.54, 1.807) is 0 Å². The third-order valence-corrected chi connectivity index (χ3v) is 3.13. The minimum Gasteiger partial charge on any atom is -0.327 e. The van der Waals surface area contributed by atoms with E-state index in [4.69, 9.17) is 5.73 Å². The molecule has 0 aromatic rings. The highest BCUT2D eigenvalue weighted by atomic mass is 19.3. The largest absolute Gasteiger partial charge is 0.327 e. The van der Waals surface area contributed by atoms with Gasteiger partial charge in [-0.15, -0.1) is 0 Å². The Hall–Kier alpha value is -0.440. The van der Waals surface area contributed by atoms with Gasteiger partial charge in [-0.05, 0) is 24.8 Å². The fourth-order valence-corrected chi connectivity index (χ4v) is 2.09. The number of rotatable bonds is 2. The fraction of sp³-hybridized carbons (Fsp3) is 0.800. The molecule has 0 saturated heterocycles. The van der Waals surface area contributed by atoms with Crippen LogP contribution in [0.1, 0.15) is 26.2 Å². The minimum absolute atomic E-state index is 0.0791.